The Balaban J connectivity index is 1.96. The molecule has 0 aliphatic carbocycles. The van der Waals surface area contributed by atoms with E-state index in [2.05, 4.69) is 0 Å². The van der Waals surface area contributed by atoms with Gasteiger partial charge in [-0.05, 0) is 48.9 Å². The van der Waals surface area contributed by atoms with Crippen molar-refractivity contribution in [1.29, 1.82) is 0 Å². The van der Waals surface area contributed by atoms with Gasteiger partial charge in [0.25, 0.3) is 0 Å². The highest BCUT2D eigenvalue weighted by atomic mass is 16.6. The molecule has 2 aromatic carbocycles. The van der Waals surface area contributed by atoms with Crippen molar-refractivity contribution < 1.29 is 19.0 Å². The van der Waals surface area contributed by atoms with E-state index in [1.54, 1.807) is 38.3 Å². The third-order valence-corrected chi connectivity index (χ3v) is 4.40. The van der Waals surface area contributed by atoms with Crippen molar-refractivity contribution in [2.75, 3.05) is 45.1 Å². The van der Waals surface area contributed by atoms with Crippen LogP contribution in [0.5, 0.6) is 17.2 Å². The number of carbonyl (C=O) groups is 1. The topological polar surface area (TPSA) is 74.0 Å². The summed E-state index contributed by atoms with van der Waals surface area (Å²) in [5, 5.41) is 0. The summed E-state index contributed by atoms with van der Waals surface area (Å²) < 4.78 is 16.8. The molecule has 0 aromatic heterocycles. The molecule has 0 atom stereocenters. The number of anilines is 2. The molecule has 0 saturated heterocycles. The second-order valence-electron chi connectivity index (χ2n) is 6.54. The largest absolute Gasteiger partial charge is 0.492 e. The van der Waals surface area contributed by atoms with Crippen LogP contribution in [0.2, 0.25) is 0 Å². The molecule has 3 rings (SSSR count). The Morgan fingerprint density at radius 2 is 1.93 bits per heavy atom. The molecule has 1 heterocycles. The summed E-state index contributed by atoms with van der Waals surface area (Å²) in [6, 6.07) is 8.98. The predicted molar refractivity (Wildman–Crippen MR) is 107 cm³/mol. The minimum absolute atomic E-state index is 0.0740. The Bertz CT molecular complexity index is 903. The zero-order valence-corrected chi connectivity index (χ0v) is 16.0. The molecule has 0 fully saturated rings. The summed E-state index contributed by atoms with van der Waals surface area (Å²) in [5.74, 6) is 1.70. The van der Waals surface area contributed by atoms with Crippen molar-refractivity contribution in [2.45, 2.75) is 6.92 Å². The number of ketones is 1. The van der Waals surface area contributed by atoms with Gasteiger partial charge in [-0.15, -0.1) is 0 Å². The summed E-state index contributed by atoms with van der Waals surface area (Å²) >= 11 is 0. The average Bonchev–Trinajstić information content (AvgIpc) is 2.67. The van der Waals surface area contributed by atoms with Crippen LogP contribution in [-0.2, 0) is 0 Å². The van der Waals surface area contributed by atoms with Crippen molar-refractivity contribution in [1.82, 2.24) is 0 Å². The lowest BCUT2D eigenvalue weighted by atomic mass is 10.0. The van der Waals surface area contributed by atoms with Gasteiger partial charge in [-0.25, -0.2) is 0 Å². The molecule has 0 bridgehead atoms. The number of nitrogens with zero attached hydrogens (tertiary/aromatic N) is 1. The van der Waals surface area contributed by atoms with Crippen LogP contribution < -0.4 is 24.8 Å². The van der Waals surface area contributed by atoms with Gasteiger partial charge in [0, 0.05) is 25.2 Å². The van der Waals surface area contributed by atoms with Crippen LogP contribution in [0.1, 0.15) is 22.8 Å². The Morgan fingerprint density at radius 1 is 1.19 bits per heavy atom. The fourth-order valence-corrected chi connectivity index (χ4v) is 3.03. The minimum atomic E-state index is -0.0740. The molecule has 6 nitrogen and oxygen atoms in total. The fourth-order valence-electron chi connectivity index (χ4n) is 3.03. The van der Waals surface area contributed by atoms with Crippen molar-refractivity contribution in [3.05, 3.63) is 47.0 Å². The number of benzene rings is 2. The highest BCUT2D eigenvalue weighted by Crippen LogP contribution is 2.42. The maximum Gasteiger partial charge on any atom is 0.204 e. The molecule has 2 aromatic rings. The molecule has 1 aliphatic rings. The first-order chi connectivity index (χ1) is 12.9. The van der Waals surface area contributed by atoms with Gasteiger partial charge in [-0.2, -0.15) is 0 Å². The monoisotopic (exact) mass is 368 g/mol. The van der Waals surface area contributed by atoms with E-state index in [0.29, 0.717) is 47.3 Å². The van der Waals surface area contributed by atoms with Crippen molar-refractivity contribution in [3.8, 4) is 17.2 Å². The lowest BCUT2D eigenvalue weighted by molar-refractivity contribution is 0.103. The van der Waals surface area contributed by atoms with Crippen LogP contribution in [0.3, 0.4) is 0 Å². The number of hydrogen-bond donors (Lipinski definition) is 1. The van der Waals surface area contributed by atoms with Crippen LogP contribution in [-0.4, -0.2) is 40.2 Å². The number of fused-ring (bicyclic) bond motifs is 1. The molecular weight excluding hydrogens is 344 g/mol. The predicted octanol–water partition coefficient (Wildman–Crippen LogP) is 3.40. The number of ether oxygens (including phenoxy) is 3. The maximum atomic E-state index is 12.9. The number of rotatable bonds is 5. The van der Waals surface area contributed by atoms with E-state index >= 15 is 0 Å². The van der Waals surface area contributed by atoms with E-state index in [9.17, 15) is 4.79 Å². The molecule has 2 N–H and O–H groups in total. The summed E-state index contributed by atoms with van der Waals surface area (Å²) in [5.41, 5.74) is 9.35. The minimum Gasteiger partial charge on any atom is -0.492 e. The lowest BCUT2D eigenvalue weighted by Gasteiger charge is -2.21. The van der Waals surface area contributed by atoms with E-state index in [1.807, 2.05) is 31.1 Å². The first-order valence-corrected chi connectivity index (χ1v) is 8.68. The number of nitrogens with two attached hydrogens (primary N) is 1. The van der Waals surface area contributed by atoms with E-state index in [1.165, 1.54) is 0 Å². The molecule has 0 radical (unpaired) electrons. The van der Waals surface area contributed by atoms with Crippen LogP contribution in [0.25, 0.3) is 6.08 Å². The smallest absolute Gasteiger partial charge is 0.204 e. The molecule has 142 valence electrons. The number of carbonyl (C=O) groups excluding carboxylic acids is 1. The fraction of sp³-hybridized carbons (Fsp3) is 0.286. The molecule has 0 unspecified atom stereocenters. The quantitative estimate of drug-likeness (QED) is 0.495. The van der Waals surface area contributed by atoms with Crippen LogP contribution in [0.15, 0.2) is 35.9 Å². The molecular formula is C21H24N2O4. The van der Waals surface area contributed by atoms with Gasteiger partial charge in [0.05, 0.1) is 18.5 Å². The zero-order chi connectivity index (χ0) is 19.6. The van der Waals surface area contributed by atoms with Crippen LogP contribution >= 0.6 is 0 Å². The Labute approximate surface area is 159 Å². The van der Waals surface area contributed by atoms with Crippen molar-refractivity contribution in [3.63, 3.8) is 0 Å². The molecule has 6 heteroatoms. The molecule has 27 heavy (non-hydrogen) atoms. The SMILES string of the molecule is COc1c(C=C(C)C(=O)c2ccc(N)c(N(C)C)c2)ccc2c1OCCO2. The van der Waals surface area contributed by atoms with Gasteiger partial charge in [-0.1, -0.05) is 0 Å². The average molecular weight is 368 g/mol. The second kappa shape index (κ2) is 7.61. The number of nitrogen functional groups attached to an aromatic ring is 1. The Hall–Kier alpha value is -3.15. The second-order valence-corrected chi connectivity index (χ2v) is 6.54. The van der Waals surface area contributed by atoms with Gasteiger partial charge in [0.2, 0.25) is 5.75 Å². The van der Waals surface area contributed by atoms with E-state index < -0.39 is 0 Å². The van der Waals surface area contributed by atoms with Crippen LogP contribution in [0.4, 0.5) is 11.4 Å². The highest BCUT2D eigenvalue weighted by molar-refractivity contribution is 6.11. The standard InChI is InChI=1S/C21H24N2O4/c1-13(19(24)14-5-7-16(22)17(12-14)23(2)3)11-15-6-8-18-21(20(15)25-4)27-10-9-26-18/h5-8,11-12H,9-10,22H2,1-4H3. The molecule has 0 amide bonds. The van der Waals surface area contributed by atoms with Gasteiger partial charge in [-0.3, -0.25) is 4.79 Å². The normalized spacial score (nSPS) is 13.3. The molecule has 0 saturated carbocycles. The Kier molecular flexibility index (Phi) is 5.26. The third-order valence-electron chi connectivity index (χ3n) is 4.40. The number of hydrogen-bond acceptors (Lipinski definition) is 6. The van der Waals surface area contributed by atoms with E-state index in [0.717, 1.165) is 11.3 Å². The summed E-state index contributed by atoms with van der Waals surface area (Å²) in [7, 11) is 5.36. The maximum absolute atomic E-state index is 12.9. The van der Waals surface area contributed by atoms with E-state index in [4.69, 9.17) is 19.9 Å². The number of allylic oxidation sites excluding steroid dienone is 1. The first kappa shape index (κ1) is 18.6. The van der Waals surface area contributed by atoms with Crippen molar-refractivity contribution >= 4 is 23.2 Å². The van der Waals surface area contributed by atoms with E-state index in [-0.39, 0.29) is 5.78 Å². The van der Waals surface area contributed by atoms with Gasteiger partial charge in [0.1, 0.15) is 13.2 Å². The third kappa shape index (κ3) is 3.69. The lowest BCUT2D eigenvalue weighted by Crippen LogP contribution is -2.16. The van der Waals surface area contributed by atoms with Gasteiger partial charge >= 0.3 is 0 Å². The van der Waals surface area contributed by atoms with Gasteiger partial charge < -0.3 is 24.8 Å². The molecule has 0 spiro atoms. The highest BCUT2D eigenvalue weighted by Gasteiger charge is 2.20. The zero-order valence-electron chi connectivity index (χ0n) is 16.0. The van der Waals surface area contributed by atoms with Gasteiger partial charge in [0.15, 0.2) is 17.3 Å². The summed E-state index contributed by atoms with van der Waals surface area (Å²) in [4.78, 5) is 14.8. The van der Waals surface area contributed by atoms with Crippen LogP contribution in [0, 0.1) is 0 Å². The number of methoxy groups -OCH3 is 1. The first-order valence-electron chi connectivity index (χ1n) is 8.68. The summed E-state index contributed by atoms with van der Waals surface area (Å²) in [6.07, 6.45) is 1.80. The Morgan fingerprint density at radius 3 is 2.63 bits per heavy atom. The van der Waals surface area contributed by atoms with Crippen molar-refractivity contribution in [2.24, 2.45) is 0 Å². The summed E-state index contributed by atoms with van der Waals surface area (Å²) in [6.45, 7) is 2.76. The molecule has 1 aliphatic heterocycles. The number of Topliss-reactive ketones (excluding diaryl/α,β-unsaturated/α-hetero) is 1.